The Kier molecular flexibility index (Phi) is 10.9. The van der Waals surface area contributed by atoms with Crippen molar-refractivity contribution < 1.29 is 35.5 Å². The maximum Gasteiger partial charge on any atom is 0.298 e. The fourth-order valence-electron chi connectivity index (χ4n) is 6.43. The molecule has 0 aliphatic carbocycles. The van der Waals surface area contributed by atoms with E-state index in [1.54, 1.807) is 13.8 Å². The Labute approximate surface area is 278 Å². The number of likely N-dealkylation sites (N-methyl/N-ethyl adjacent to an activating group) is 1. The summed E-state index contributed by atoms with van der Waals surface area (Å²) >= 11 is 0. The number of rotatable bonds is 8. The summed E-state index contributed by atoms with van der Waals surface area (Å²) in [4.78, 5) is 30.6. The van der Waals surface area contributed by atoms with Crippen LogP contribution < -0.4 is 20.8 Å². The van der Waals surface area contributed by atoms with Gasteiger partial charge in [0, 0.05) is 47.9 Å². The number of hydrogen-bond donors (Lipinski definition) is 2. The van der Waals surface area contributed by atoms with Gasteiger partial charge in [0.1, 0.15) is 23.3 Å². The molecule has 2 amide bonds. The number of amides is 2. The number of hydrogen-bond acceptors (Lipinski definition) is 4. The van der Waals surface area contributed by atoms with Gasteiger partial charge in [-0.25, -0.2) is 17.6 Å². The van der Waals surface area contributed by atoms with Gasteiger partial charge >= 0.3 is 0 Å². The number of halogens is 6. The number of nitrogens with zero attached hydrogens (tertiary/aromatic N) is 2. The topological polar surface area (TPSA) is 64.7 Å². The minimum atomic E-state index is -3.86. The van der Waals surface area contributed by atoms with Crippen LogP contribution in [0.25, 0.3) is 11.1 Å². The van der Waals surface area contributed by atoms with Crippen LogP contribution in [0.2, 0.25) is 0 Å². The van der Waals surface area contributed by atoms with Gasteiger partial charge in [-0.3, -0.25) is 14.5 Å². The van der Waals surface area contributed by atoms with E-state index < -0.39 is 76.7 Å². The molecule has 13 heteroatoms. The fourth-order valence-corrected chi connectivity index (χ4v) is 7.01. The van der Waals surface area contributed by atoms with Crippen molar-refractivity contribution in [3.63, 3.8) is 0 Å². The van der Waals surface area contributed by atoms with Crippen molar-refractivity contribution in [1.29, 1.82) is 0 Å². The van der Waals surface area contributed by atoms with E-state index in [9.17, 15) is 22.4 Å². The Morgan fingerprint density at radius 3 is 1.98 bits per heavy atom. The third-order valence-electron chi connectivity index (χ3n) is 8.44. The van der Waals surface area contributed by atoms with E-state index in [4.69, 9.17) is 0 Å². The monoisotopic (exact) mass is 694 g/mol. The van der Waals surface area contributed by atoms with Gasteiger partial charge < -0.3 is 15.5 Å². The van der Waals surface area contributed by atoms with Gasteiger partial charge in [0.25, 0.3) is 20.4 Å². The highest BCUT2D eigenvalue weighted by molar-refractivity contribution is 7.55. The molecule has 1 aliphatic heterocycles. The van der Waals surface area contributed by atoms with Crippen LogP contribution in [0.15, 0.2) is 42.5 Å². The fraction of sp³-hybridized carbons (Fsp3) is 0.429. The Hall–Kier alpha value is -3.63. The standard InChI is InChI=1S/C35H41F6N4O2P/c1-19-16-45(17-20(2)44(19)8)30-15-28(39)24(13-29(30)42-32(46)22-10-9-21(36)11-31(22)48(40)41)23-12-25(27(38)14-26(23)37)33(47)43-35(6,7)18-34(3,4)5/h9-15,19-20H,16-18H2,1-8H3,(H,42,46)(H,43,47). The molecule has 2 atom stereocenters. The van der Waals surface area contributed by atoms with Gasteiger partial charge in [-0.05, 0) is 83.0 Å². The Bertz CT molecular complexity index is 1700. The lowest BCUT2D eigenvalue weighted by atomic mass is 9.81. The van der Waals surface area contributed by atoms with Crippen LogP contribution in [0.5, 0.6) is 0 Å². The van der Waals surface area contributed by atoms with Crippen LogP contribution in [-0.4, -0.2) is 54.5 Å². The molecule has 0 saturated carbocycles. The van der Waals surface area contributed by atoms with Gasteiger partial charge in [0.2, 0.25) is 0 Å². The number of carbonyl (C=O) groups is 2. The number of piperazine rings is 1. The SMILES string of the molecule is CC1CN(c2cc(F)c(-c3cc(C(=O)NC(C)(C)CC(C)(C)C)c(F)cc3F)cc2NC(=O)c2ccc(F)cc2P(F)F)CC(C)N1C. The lowest BCUT2D eigenvalue weighted by molar-refractivity contribution is 0.0886. The van der Waals surface area contributed by atoms with Gasteiger partial charge in [-0.1, -0.05) is 20.8 Å². The first-order chi connectivity index (χ1) is 22.2. The van der Waals surface area contributed by atoms with Crippen LogP contribution >= 0.6 is 8.54 Å². The molecule has 3 aromatic rings. The van der Waals surface area contributed by atoms with E-state index in [0.29, 0.717) is 31.6 Å². The lowest BCUT2D eigenvalue weighted by Gasteiger charge is -2.44. The van der Waals surface area contributed by atoms with Crippen LogP contribution in [0.3, 0.4) is 0 Å². The zero-order chi connectivity index (χ0) is 35.9. The Morgan fingerprint density at radius 1 is 0.812 bits per heavy atom. The van der Waals surface area contributed by atoms with Crippen LogP contribution in [0, 0.1) is 28.7 Å². The zero-order valence-corrected chi connectivity index (χ0v) is 29.1. The molecule has 1 saturated heterocycles. The van der Waals surface area contributed by atoms with Crippen molar-refractivity contribution in [3.05, 3.63) is 76.9 Å². The van der Waals surface area contributed by atoms with Crippen molar-refractivity contribution >= 4 is 37.0 Å². The smallest absolute Gasteiger partial charge is 0.298 e. The molecule has 1 aliphatic rings. The van der Waals surface area contributed by atoms with E-state index in [1.807, 2.05) is 46.6 Å². The second-order valence-electron chi connectivity index (χ2n) is 14.4. The number of carbonyl (C=O) groups excluding carboxylic acids is 2. The van der Waals surface area contributed by atoms with Crippen molar-refractivity contribution in [2.75, 3.05) is 30.4 Å². The minimum absolute atomic E-state index is 0.00326. The van der Waals surface area contributed by atoms with Crippen molar-refractivity contribution in [1.82, 2.24) is 10.2 Å². The third-order valence-corrected chi connectivity index (χ3v) is 9.17. The molecule has 48 heavy (non-hydrogen) atoms. The summed E-state index contributed by atoms with van der Waals surface area (Å²) < 4.78 is 88.0. The first-order valence-corrected chi connectivity index (χ1v) is 16.6. The Balaban J connectivity index is 1.83. The highest BCUT2D eigenvalue weighted by Crippen LogP contribution is 2.40. The van der Waals surface area contributed by atoms with Crippen LogP contribution in [0.1, 0.15) is 75.6 Å². The van der Waals surface area contributed by atoms with E-state index in [2.05, 4.69) is 15.5 Å². The molecule has 0 radical (unpaired) electrons. The van der Waals surface area contributed by atoms with E-state index >= 15 is 13.2 Å². The van der Waals surface area contributed by atoms with E-state index in [0.717, 1.165) is 30.3 Å². The molecule has 6 nitrogen and oxygen atoms in total. The second kappa shape index (κ2) is 14.1. The van der Waals surface area contributed by atoms with E-state index in [-0.39, 0.29) is 28.9 Å². The van der Waals surface area contributed by atoms with Gasteiger partial charge in [0.05, 0.1) is 27.8 Å². The summed E-state index contributed by atoms with van der Waals surface area (Å²) in [6.45, 7) is 14.2. The van der Waals surface area contributed by atoms with Gasteiger partial charge in [0.15, 0.2) is 0 Å². The number of anilines is 2. The Morgan fingerprint density at radius 2 is 1.40 bits per heavy atom. The van der Waals surface area contributed by atoms with Crippen molar-refractivity contribution in [2.45, 2.75) is 72.5 Å². The van der Waals surface area contributed by atoms with Crippen LogP contribution in [0.4, 0.5) is 37.3 Å². The largest absolute Gasteiger partial charge is 0.367 e. The third kappa shape index (κ3) is 8.50. The molecule has 4 rings (SSSR count). The molecule has 0 aromatic heterocycles. The molecule has 2 unspecified atom stereocenters. The maximum atomic E-state index is 16.0. The molecule has 0 bridgehead atoms. The summed E-state index contributed by atoms with van der Waals surface area (Å²) in [7, 11) is -1.92. The zero-order valence-electron chi connectivity index (χ0n) is 28.2. The average Bonchev–Trinajstić information content (AvgIpc) is 2.94. The van der Waals surface area contributed by atoms with Crippen molar-refractivity contribution in [2.24, 2.45) is 5.41 Å². The summed E-state index contributed by atoms with van der Waals surface area (Å²) in [5.74, 6) is -6.02. The normalized spacial score (nSPS) is 17.5. The highest BCUT2D eigenvalue weighted by atomic mass is 31.2. The lowest BCUT2D eigenvalue weighted by Crippen LogP contribution is -2.55. The summed E-state index contributed by atoms with van der Waals surface area (Å²) in [6.07, 6.45) is 0.534. The van der Waals surface area contributed by atoms with Gasteiger partial charge in [-0.15, -0.1) is 0 Å². The quantitative estimate of drug-likeness (QED) is 0.183. The molecule has 1 fully saturated rings. The molecule has 0 spiro atoms. The summed E-state index contributed by atoms with van der Waals surface area (Å²) in [6, 6.07) is 6.03. The minimum Gasteiger partial charge on any atom is -0.367 e. The summed E-state index contributed by atoms with van der Waals surface area (Å²) in [5, 5.41) is 4.55. The molecule has 3 aromatic carbocycles. The van der Waals surface area contributed by atoms with E-state index in [1.165, 1.54) is 0 Å². The molecule has 2 N–H and O–H groups in total. The second-order valence-corrected chi connectivity index (χ2v) is 15.3. The van der Waals surface area contributed by atoms with Crippen molar-refractivity contribution in [3.8, 4) is 11.1 Å². The molecule has 1 heterocycles. The number of nitrogens with one attached hydrogen (secondary N) is 2. The number of benzene rings is 3. The summed E-state index contributed by atoms with van der Waals surface area (Å²) in [5.41, 5.74) is -2.63. The molecular formula is C35H41F6N4O2P. The van der Waals surface area contributed by atoms with Gasteiger partial charge in [-0.2, -0.15) is 8.39 Å². The first-order valence-electron chi connectivity index (χ1n) is 15.5. The molecular weight excluding hydrogens is 653 g/mol. The average molecular weight is 695 g/mol. The molecule has 260 valence electrons. The predicted molar refractivity (Wildman–Crippen MR) is 179 cm³/mol. The maximum absolute atomic E-state index is 16.0. The first kappa shape index (κ1) is 37.2. The van der Waals surface area contributed by atoms with Crippen LogP contribution in [-0.2, 0) is 0 Å². The predicted octanol–water partition coefficient (Wildman–Crippen LogP) is 8.51. The highest BCUT2D eigenvalue weighted by Gasteiger charge is 2.32.